The lowest BCUT2D eigenvalue weighted by Crippen LogP contribution is -2.34. The first-order valence-electron chi connectivity index (χ1n) is 8.70. The molecule has 0 spiro atoms. The molecule has 1 heterocycles. The predicted molar refractivity (Wildman–Crippen MR) is 101 cm³/mol. The molecule has 2 amide bonds. The molecule has 144 valence electrons. The summed E-state index contributed by atoms with van der Waals surface area (Å²) in [7, 11) is 0. The number of halogens is 1. The van der Waals surface area contributed by atoms with Crippen LogP contribution in [0.25, 0.3) is 0 Å². The molecule has 0 fully saturated rings. The maximum atomic E-state index is 12.9. The molecule has 0 radical (unpaired) electrons. The van der Waals surface area contributed by atoms with Crippen molar-refractivity contribution in [2.24, 2.45) is 0 Å². The van der Waals surface area contributed by atoms with Gasteiger partial charge in [0.05, 0.1) is 0 Å². The minimum absolute atomic E-state index is 0.117. The van der Waals surface area contributed by atoms with Crippen molar-refractivity contribution in [1.82, 2.24) is 10.6 Å². The number of rotatable bonds is 8. The topological polar surface area (TPSA) is 80.6 Å². The molecule has 0 aliphatic carbocycles. The Morgan fingerprint density at radius 1 is 0.857 bits per heavy atom. The molecule has 6 nitrogen and oxygen atoms in total. The van der Waals surface area contributed by atoms with Crippen LogP contribution in [0.2, 0.25) is 0 Å². The lowest BCUT2D eigenvalue weighted by molar-refractivity contribution is 0.0907. The summed E-state index contributed by atoms with van der Waals surface area (Å²) in [5, 5.41) is 5.39. The van der Waals surface area contributed by atoms with Crippen LogP contribution in [0.3, 0.4) is 0 Å². The number of nitrogens with one attached hydrogen (secondary N) is 2. The molecule has 0 aliphatic rings. The van der Waals surface area contributed by atoms with Crippen molar-refractivity contribution < 1.29 is 23.1 Å². The highest BCUT2D eigenvalue weighted by Crippen LogP contribution is 2.15. The van der Waals surface area contributed by atoms with Gasteiger partial charge in [-0.1, -0.05) is 18.2 Å². The van der Waals surface area contributed by atoms with Crippen molar-refractivity contribution in [3.8, 4) is 5.75 Å². The van der Waals surface area contributed by atoms with Gasteiger partial charge in [0.1, 0.15) is 23.9 Å². The number of amides is 2. The average Bonchev–Trinajstić information content (AvgIpc) is 3.20. The summed E-state index contributed by atoms with van der Waals surface area (Å²) < 4.78 is 23.8. The summed E-state index contributed by atoms with van der Waals surface area (Å²) in [5.41, 5.74) is 0.561. The van der Waals surface area contributed by atoms with Crippen molar-refractivity contribution in [1.29, 1.82) is 0 Å². The van der Waals surface area contributed by atoms with Crippen LogP contribution in [0.15, 0.2) is 71.1 Å². The fourth-order valence-electron chi connectivity index (χ4n) is 2.39. The van der Waals surface area contributed by atoms with Gasteiger partial charge in [-0.25, -0.2) is 4.39 Å². The predicted octanol–water partition coefficient (Wildman–Crippen LogP) is 3.16. The van der Waals surface area contributed by atoms with Gasteiger partial charge in [-0.05, 0) is 48.5 Å². The first kappa shape index (κ1) is 19.2. The highest BCUT2D eigenvalue weighted by Gasteiger charge is 2.11. The molecule has 3 rings (SSSR count). The molecular weight excluding hydrogens is 363 g/mol. The number of benzene rings is 2. The monoisotopic (exact) mass is 382 g/mol. The number of hydrogen-bond donors (Lipinski definition) is 2. The van der Waals surface area contributed by atoms with Crippen molar-refractivity contribution in [2.45, 2.75) is 6.61 Å². The standard InChI is InChI=1S/C21H19FN2O4/c22-16-6-8-17(9-7-16)27-14-18-10-11-19(28-18)21(26)24-13-12-23-20(25)15-4-2-1-3-5-15/h1-11H,12-14H2,(H,23,25)(H,24,26). The largest absolute Gasteiger partial charge is 0.486 e. The minimum atomic E-state index is -0.387. The van der Waals surface area contributed by atoms with E-state index in [-0.39, 0.29) is 36.5 Å². The van der Waals surface area contributed by atoms with Gasteiger partial charge in [0, 0.05) is 18.7 Å². The molecule has 7 heteroatoms. The van der Waals surface area contributed by atoms with Gasteiger partial charge in [-0.15, -0.1) is 0 Å². The second-order valence-electron chi connectivity index (χ2n) is 5.89. The Morgan fingerprint density at radius 3 is 2.25 bits per heavy atom. The molecule has 28 heavy (non-hydrogen) atoms. The van der Waals surface area contributed by atoms with E-state index < -0.39 is 0 Å². The third-order valence-corrected chi connectivity index (χ3v) is 3.81. The van der Waals surface area contributed by atoms with Gasteiger partial charge in [-0.3, -0.25) is 9.59 Å². The van der Waals surface area contributed by atoms with Crippen LogP contribution in [0.4, 0.5) is 4.39 Å². The molecule has 2 aromatic carbocycles. The quantitative estimate of drug-likeness (QED) is 0.587. The average molecular weight is 382 g/mol. The van der Waals surface area contributed by atoms with Gasteiger partial charge in [0.2, 0.25) is 0 Å². The Labute approximate surface area is 161 Å². The molecule has 3 aromatic rings. The number of carbonyl (C=O) groups is 2. The Balaban J connectivity index is 1.40. The normalized spacial score (nSPS) is 10.3. The van der Waals surface area contributed by atoms with E-state index in [2.05, 4.69) is 10.6 Å². The summed E-state index contributed by atoms with van der Waals surface area (Å²) in [4.78, 5) is 24.0. The summed E-state index contributed by atoms with van der Waals surface area (Å²) in [5.74, 6) is 0.177. The van der Waals surface area contributed by atoms with Gasteiger partial charge in [0.25, 0.3) is 11.8 Å². The van der Waals surface area contributed by atoms with E-state index in [1.807, 2.05) is 6.07 Å². The zero-order chi connectivity index (χ0) is 19.8. The summed E-state index contributed by atoms with van der Waals surface area (Å²) in [6, 6.07) is 17.6. The van der Waals surface area contributed by atoms with Gasteiger partial charge in [0.15, 0.2) is 5.76 Å². The minimum Gasteiger partial charge on any atom is -0.486 e. The molecule has 0 unspecified atom stereocenters. The Kier molecular flexibility index (Phi) is 6.41. The molecular formula is C21H19FN2O4. The van der Waals surface area contributed by atoms with Crippen LogP contribution in [-0.4, -0.2) is 24.9 Å². The highest BCUT2D eigenvalue weighted by molar-refractivity contribution is 5.94. The maximum Gasteiger partial charge on any atom is 0.287 e. The number of hydrogen-bond acceptors (Lipinski definition) is 4. The summed E-state index contributed by atoms with van der Waals surface area (Å²) in [6.07, 6.45) is 0. The van der Waals surface area contributed by atoms with Crippen molar-refractivity contribution in [3.63, 3.8) is 0 Å². The van der Waals surface area contributed by atoms with E-state index in [4.69, 9.17) is 9.15 Å². The van der Waals surface area contributed by atoms with E-state index in [1.54, 1.807) is 36.4 Å². The second-order valence-corrected chi connectivity index (χ2v) is 5.89. The van der Waals surface area contributed by atoms with Crippen molar-refractivity contribution in [2.75, 3.05) is 13.1 Å². The fourth-order valence-corrected chi connectivity index (χ4v) is 2.39. The smallest absolute Gasteiger partial charge is 0.287 e. The van der Waals surface area contributed by atoms with Crippen LogP contribution < -0.4 is 15.4 Å². The summed E-state index contributed by atoms with van der Waals surface area (Å²) >= 11 is 0. The van der Waals surface area contributed by atoms with Crippen LogP contribution in [0, 0.1) is 5.82 Å². The summed E-state index contributed by atoms with van der Waals surface area (Å²) in [6.45, 7) is 0.673. The first-order chi connectivity index (χ1) is 13.6. The van der Waals surface area contributed by atoms with E-state index in [0.717, 1.165) is 0 Å². The second kappa shape index (κ2) is 9.36. The number of ether oxygens (including phenoxy) is 1. The van der Waals surface area contributed by atoms with Crippen LogP contribution in [0.1, 0.15) is 26.7 Å². The van der Waals surface area contributed by atoms with Crippen LogP contribution in [0.5, 0.6) is 5.75 Å². The third kappa shape index (κ3) is 5.44. The molecule has 0 aliphatic heterocycles. The lowest BCUT2D eigenvalue weighted by Gasteiger charge is -2.06. The fraction of sp³-hybridized carbons (Fsp3) is 0.143. The van der Waals surface area contributed by atoms with Gasteiger partial charge in [-0.2, -0.15) is 0 Å². The van der Waals surface area contributed by atoms with E-state index in [1.165, 1.54) is 24.3 Å². The SMILES string of the molecule is O=C(NCCNC(=O)c1ccc(COc2ccc(F)cc2)o1)c1ccccc1. The maximum absolute atomic E-state index is 12.9. The van der Waals surface area contributed by atoms with Gasteiger partial charge < -0.3 is 19.8 Å². The number of furan rings is 1. The van der Waals surface area contributed by atoms with Crippen LogP contribution >= 0.6 is 0 Å². The zero-order valence-corrected chi connectivity index (χ0v) is 15.0. The molecule has 1 aromatic heterocycles. The molecule has 0 saturated carbocycles. The molecule has 0 saturated heterocycles. The van der Waals surface area contributed by atoms with Crippen molar-refractivity contribution >= 4 is 11.8 Å². The zero-order valence-electron chi connectivity index (χ0n) is 15.0. The van der Waals surface area contributed by atoms with Crippen LogP contribution in [-0.2, 0) is 6.61 Å². The lowest BCUT2D eigenvalue weighted by atomic mass is 10.2. The Hall–Kier alpha value is -3.61. The van der Waals surface area contributed by atoms with E-state index in [9.17, 15) is 14.0 Å². The molecule has 2 N–H and O–H groups in total. The van der Waals surface area contributed by atoms with E-state index in [0.29, 0.717) is 23.6 Å². The highest BCUT2D eigenvalue weighted by atomic mass is 19.1. The molecule has 0 bridgehead atoms. The van der Waals surface area contributed by atoms with Crippen molar-refractivity contribution in [3.05, 3.63) is 89.6 Å². The Bertz CT molecular complexity index is 923. The first-order valence-corrected chi connectivity index (χ1v) is 8.70. The van der Waals surface area contributed by atoms with E-state index >= 15 is 0 Å². The molecule has 0 atom stereocenters. The number of carbonyl (C=O) groups excluding carboxylic acids is 2. The Morgan fingerprint density at radius 2 is 1.54 bits per heavy atom. The third-order valence-electron chi connectivity index (χ3n) is 3.81. The van der Waals surface area contributed by atoms with Gasteiger partial charge >= 0.3 is 0 Å².